The van der Waals surface area contributed by atoms with Crippen LogP contribution in [0.5, 0.6) is 11.5 Å². The third-order valence-electron chi connectivity index (χ3n) is 3.77. The molecule has 1 N–H and O–H groups in total. The van der Waals surface area contributed by atoms with Crippen LogP contribution in [0.25, 0.3) is 0 Å². The van der Waals surface area contributed by atoms with Gasteiger partial charge in [0.15, 0.2) is 11.5 Å². The lowest BCUT2D eigenvalue weighted by atomic mass is 10.1. The van der Waals surface area contributed by atoms with Gasteiger partial charge < -0.3 is 14.2 Å². The maximum Gasteiger partial charge on any atom is 0.513 e. The van der Waals surface area contributed by atoms with Crippen molar-refractivity contribution in [1.29, 1.82) is 0 Å². The summed E-state index contributed by atoms with van der Waals surface area (Å²) in [6.45, 7) is 2.26. The Morgan fingerprint density at radius 1 is 1.20 bits per heavy atom. The van der Waals surface area contributed by atoms with E-state index in [-0.39, 0.29) is 11.7 Å². The fourth-order valence-electron chi connectivity index (χ4n) is 2.52. The van der Waals surface area contributed by atoms with Crippen LogP contribution >= 0.6 is 0 Å². The lowest BCUT2D eigenvalue weighted by molar-refractivity contribution is -0.122. The van der Waals surface area contributed by atoms with Crippen molar-refractivity contribution in [1.82, 2.24) is 10.3 Å². The van der Waals surface area contributed by atoms with Gasteiger partial charge in [-0.25, -0.2) is 10.2 Å². The molecule has 136 valence electrons. The molecule has 1 aromatic carbocycles. The van der Waals surface area contributed by atoms with Gasteiger partial charge in [0, 0.05) is 0 Å². The second-order valence-electron chi connectivity index (χ2n) is 5.60. The Morgan fingerprint density at radius 3 is 2.64 bits per heavy atom. The van der Waals surface area contributed by atoms with E-state index in [0.29, 0.717) is 17.9 Å². The van der Waals surface area contributed by atoms with Crippen molar-refractivity contribution in [2.45, 2.75) is 19.3 Å². The summed E-state index contributed by atoms with van der Waals surface area (Å²) in [6.07, 6.45) is 4.17. The van der Waals surface area contributed by atoms with Crippen LogP contribution in [-0.4, -0.2) is 57.0 Å². The van der Waals surface area contributed by atoms with Gasteiger partial charge in [-0.1, -0.05) is 6.42 Å². The first kappa shape index (κ1) is 18.7. The van der Waals surface area contributed by atoms with Crippen LogP contribution in [0.15, 0.2) is 23.3 Å². The molecule has 2 rings (SSSR count). The number of likely N-dealkylation sites (tertiary alicyclic amines) is 1. The number of hydrogen-bond acceptors (Lipinski definition) is 7. The molecule has 1 heterocycles. The predicted molar refractivity (Wildman–Crippen MR) is 92.1 cm³/mol. The van der Waals surface area contributed by atoms with E-state index in [1.54, 1.807) is 18.2 Å². The number of benzene rings is 1. The molecule has 0 radical (unpaired) electrons. The summed E-state index contributed by atoms with van der Waals surface area (Å²) in [5.41, 5.74) is 3.20. The standard InChI is InChI=1S/C17H23N3O5/c1-23-15-10-13(6-7-14(15)25-17(22)24-2)11-18-19-16(21)12-20-8-4-3-5-9-20/h6-7,10-11H,3-5,8-9,12H2,1-2H3,(H,19,21)/b18-11+. The first-order chi connectivity index (χ1) is 12.1. The molecule has 0 aromatic heterocycles. The molecular formula is C17H23N3O5. The molecule has 25 heavy (non-hydrogen) atoms. The Balaban J connectivity index is 1.89. The van der Waals surface area contributed by atoms with Crippen molar-refractivity contribution in [3.8, 4) is 11.5 Å². The number of carbonyl (C=O) groups is 2. The van der Waals surface area contributed by atoms with Crippen LogP contribution < -0.4 is 14.9 Å². The number of ether oxygens (including phenoxy) is 3. The van der Waals surface area contributed by atoms with Gasteiger partial charge in [-0.2, -0.15) is 5.10 Å². The van der Waals surface area contributed by atoms with Crippen molar-refractivity contribution >= 4 is 18.3 Å². The minimum Gasteiger partial charge on any atom is -0.493 e. The highest BCUT2D eigenvalue weighted by Gasteiger charge is 2.13. The summed E-state index contributed by atoms with van der Waals surface area (Å²) in [5.74, 6) is 0.449. The topological polar surface area (TPSA) is 89.5 Å². The van der Waals surface area contributed by atoms with Gasteiger partial charge in [-0.3, -0.25) is 9.69 Å². The molecule has 0 aliphatic carbocycles. The van der Waals surface area contributed by atoms with Gasteiger partial charge in [0.2, 0.25) is 0 Å². The molecule has 1 aliphatic heterocycles. The number of nitrogens with zero attached hydrogens (tertiary/aromatic N) is 2. The van der Waals surface area contributed by atoms with E-state index < -0.39 is 6.16 Å². The molecule has 1 aromatic rings. The summed E-state index contributed by atoms with van der Waals surface area (Å²) in [6, 6.07) is 4.88. The third-order valence-corrected chi connectivity index (χ3v) is 3.77. The van der Waals surface area contributed by atoms with E-state index in [2.05, 4.69) is 20.2 Å². The van der Waals surface area contributed by atoms with Gasteiger partial charge in [0.25, 0.3) is 5.91 Å². The highest BCUT2D eigenvalue weighted by atomic mass is 16.7. The average molecular weight is 349 g/mol. The van der Waals surface area contributed by atoms with Crippen LogP contribution in [0.2, 0.25) is 0 Å². The SMILES string of the molecule is COC(=O)Oc1ccc(/C=N/NC(=O)CN2CCCCC2)cc1OC. The fourth-order valence-corrected chi connectivity index (χ4v) is 2.52. The van der Waals surface area contributed by atoms with Gasteiger partial charge in [-0.15, -0.1) is 0 Å². The molecular weight excluding hydrogens is 326 g/mol. The lowest BCUT2D eigenvalue weighted by Gasteiger charge is -2.25. The van der Waals surface area contributed by atoms with Gasteiger partial charge in [-0.05, 0) is 49.7 Å². The Labute approximate surface area is 146 Å². The molecule has 0 spiro atoms. The van der Waals surface area contributed by atoms with E-state index in [4.69, 9.17) is 9.47 Å². The minimum absolute atomic E-state index is 0.143. The van der Waals surface area contributed by atoms with Gasteiger partial charge in [0.05, 0.1) is 27.0 Å². The zero-order valence-electron chi connectivity index (χ0n) is 14.5. The van der Waals surface area contributed by atoms with E-state index >= 15 is 0 Å². The first-order valence-corrected chi connectivity index (χ1v) is 8.10. The summed E-state index contributed by atoms with van der Waals surface area (Å²) in [4.78, 5) is 25.2. The quantitative estimate of drug-likeness (QED) is 0.364. The summed E-state index contributed by atoms with van der Waals surface area (Å²) in [5, 5.41) is 3.95. The number of rotatable bonds is 6. The fraction of sp³-hybridized carbons (Fsp3) is 0.471. The van der Waals surface area contributed by atoms with Crippen molar-refractivity contribution < 1.29 is 23.8 Å². The van der Waals surface area contributed by atoms with Crippen molar-refractivity contribution in [3.05, 3.63) is 23.8 Å². The molecule has 0 unspecified atom stereocenters. The van der Waals surface area contributed by atoms with E-state index in [9.17, 15) is 9.59 Å². The number of nitrogens with one attached hydrogen (secondary N) is 1. The van der Waals surface area contributed by atoms with Crippen LogP contribution in [0.3, 0.4) is 0 Å². The first-order valence-electron chi connectivity index (χ1n) is 8.10. The van der Waals surface area contributed by atoms with E-state index in [0.717, 1.165) is 25.9 Å². The average Bonchev–Trinajstić information content (AvgIpc) is 2.63. The van der Waals surface area contributed by atoms with E-state index in [1.165, 1.54) is 26.9 Å². The predicted octanol–water partition coefficient (Wildman–Crippen LogP) is 1.78. The van der Waals surface area contributed by atoms with Gasteiger partial charge in [0.1, 0.15) is 0 Å². The normalized spacial score (nSPS) is 15.0. The summed E-state index contributed by atoms with van der Waals surface area (Å²) >= 11 is 0. The highest BCUT2D eigenvalue weighted by molar-refractivity contribution is 5.84. The molecule has 0 saturated carbocycles. The number of hydrazone groups is 1. The third kappa shape index (κ3) is 6.07. The zero-order valence-corrected chi connectivity index (χ0v) is 14.5. The number of carbonyl (C=O) groups excluding carboxylic acids is 2. The van der Waals surface area contributed by atoms with Crippen molar-refractivity contribution in [2.24, 2.45) is 5.10 Å². The molecule has 1 amide bonds. The molecule has 0 atom stereocenters. The largest absolute Gasteiger partial charge is 0.513 e. The van der Waals surface area contributed by atoms with Crippen LogP contribution in [0.4, 0.5) is 4.79 Å². The smallest absolute Gasteiger partial charge is 0.493 e. The second kappa shape index (κ2) is 9.63. The van der Waals surface area contributed by atoms with Crippen molar-refractivity contribution in [2.75, 3.05) is 33.9 Å². The number of amides is 1. The molecule has 1 aliphatic rings. The molecule has 8 heteroatoms. The van der Waals surface area contributed by atoms with Crippen LogP contribution in [0, 0.1) is 0 Å². The highest BCUT2D eigenvalue weighted by Crippen LogP contribution is 2.27. The molecule has 8 nitrogen and oxygen atoms in total. The lowest BCUT2D eigenvalue weighted by Crippen LogP contribution is -2.38. The second-order valence-corrected chi connectivity index (χ2v) is 5.60. The Kier molecular flexibility index (Phi) is 7.21. The molecule has 1 saturated heterocycles. The summed E-state index contributed by atoms with van der Waals surface area (Å²) < 4.78 is 14.6. The number of hydrogen-bond donors (Lipinski definition) is 1. The Bertz CT molecular complexity index is 627. The van der Waals surface area contributed by atoms with Crippen molar-refractivity contribution in [3.63, 3.8) is 0 Å². The zero-order chi connectivity index (χ0) is 18.1. The monoisotopic (exact) mass is 349 g/mol. The van der Waals surface area contributed by atoms with Gasteiger partial charge >= 0.3 is 6.16 Å². The maximum atomic E-state index is 11.9. The molecule has 0 bridgehead atoms. The molecule has 1 fully saturated rings. The maximum absolute atomic E-state index is 11.9. The summed E-state index contributed by atoms with van der Waals surface area (Å²) in [7, 11) is 2.68. The Morgan fingerprint density at radius 2 is 1.96 bits per heavy atom. The van der Waals surface area contributed by atoms with Crippen LogP contribution in [0.1, 0.15) is 24.8 Å². The number of methoxy groups -OCH3 is 2. The Hall–Kier alpha value is -2.61. The van der Waals surface area contributed by atoms with Crippen LogP contribution in [-0.2, 0) is 9.53 Å². The number of piperidine rings is 1. The van der Waals surface area contributed by atoms with E-state index in [1.807, 2.05) is 0 Å². The minimum atomic E-state index is -0.829.